The Labute approximate surface area is 135 Å². The molecule has 1 heterocycles. The number of anilines is 2. The first-order valence-electron chi connectivity index (χ1n) is 6.93. The summed E-state index contributed by atoms with van der Waals surface area (Å²) in [6.07, 6.45) is 2.36. The predicted octanol–water partition coefficient (Wildman–Crippen LogP) is 3.37. The Hall–Kier alpha value is -1.67. The monoisotopic (exact) mass is 338 g/mol. The minimum atomic E-state index is -0.329. The molecule has 1 aromatic heterocycles. The third-order valence-electron chi connectivity index (χ3n) is 3.07. The van der Waals surface area contributed by atoms with Gasteiger partial charge in [-0.1, -0.05) is 23.1 Å². The van der Waals surface area contributed by atoms with E-state index in [9.17, 15) is 9.18 Å². The highest BCUT2D eigenvalue weighted by Gasteiger charge is 2.23. The molecule has 3 rings (SSSR count). The lowest BCUT2D eigenvalue weighted by atomic mass is 10.3. The molecular weight excluding hydrogens is 323 g/mol. The van der Waals surface area contributed by atoms with Crippen LogP contribution in [0.2, 0.25) is 0 Å². The summed E-state index contributed by atoms with van der Waals surface area (Å²) in [4.78, 5) is 12.1. The highest BCUT2D eigenvalue weighted by Crippen LogP contribution is 2.32. The van der Waals surface area contributed by atoms with Gasteiger partial charge in [0, 0.05) is 11.7 Å². The Morgan fingerprint density at radius 1 is 1.36 bits per heavy atom. The Kier molecular flexibility index (Phi) is 4.58. The fraction of sp³-hybridized carbons (Fsp3) is 0.357. The van der Waals surface area contributed by atoms with Crippen LogP contribution in [0, 0.1) is 5.82 Å². The maximum absolute atomic E-state index is 12.8. The van der Waals surface area contributed by atoms with E-state index >= 15 is 0 Å². The molecule has 0 bridgehead atoms. The number of hydrogen-bond donors (Lipinski definition) is 2. The maximum Gasteiger partial charge on any atom is 0.237 e. The number of carbonyl (C=O) groups is 1. The van der Waals surface area contributed by atoms with Crippen LogP contribution in [0.15, 0.2) is 28.6 Å². The standard InChI is InChI=1S/C14H15FN4OS2/c1-8(12(20)16-10-4-2-9(15)3-5-10)21-14-19-18-13(22-14)17-11-6-7-11/h2-5,8,11H,6-7H2,1H3,(H,16,20)(H,17,18)/t8-/m1/s1. The summed E-state index contributed by atoms with van der Waals surface area (Å²) >= 11 is 2.82. The van der Waals surface area contributed by atoms with Crippen molar-refractivity contribution >= 4 is 39.8 Å². The molecule has 0 spiro atoms. The molecule has 22 heavy (non-hydrogen) atoms. The van der Waals surface area contributed by atoms with Crippen molar-refractivity contribution in [3.05, 3.63) is 30.1 Å². The van der Waals surface area contributed by atoms with E-state index in [4.69, 9.17) is 0 Å². The summed E-state index contributed by atoms with van der Waals surface area (Å²) < 4.78 is 13.6. The van der Waals surface area contributed by atoms with Crippen LogP contribution < -0.4 is 10.6 Å². The van der Waals surface area contributed by atoms with Crippen molar-refractivity contribution < 1.29 is 9.18 Å². The lowest BCUT2D eigenvalue weighted by molar-refractivity contribution is -0.115. The molecule has 0 unspecified atom stereocenters. The molecule has 0 aliphatic heterocycles. The number of carbonyl (C=O) groups excluding carboxylic acids is 1. The topological polar surface area (TPSA) is 66.9 Å². The van der Waals surface area contributed by atoms with Crippen LogP contribution in [-0.2, 0) is 4.79 Å². The first-order valence-corrected chi connectivity index (χ1v) is 8.63. The van der Waals surface area contributed by atoms with Gasteiger partial charge < -0.3 is 10.6 Å². The normalized spacial score (nSPS) is 15.4. The number of aromatic nitrogens is 2. The van der Waals surface area contributed by atoms with Gasteiger partial charge in [-0.25, -0.2) is 4.39 Å². The minimum Gasteiger partial charge on any atom is -0.357 e. The van der Waals surface area contributed by atoms with E-state index in [0.717, 1.165) is 9.47 Å². The molecule has 2 N–H and O–H groups in total. The van der Waals surface area contributed by atoms with Crippen LogP contribution in [0.3, 0.4) is 0 Å². The quantitative estimate of drug-likeness (QED) is 0.791. The summed E-state index contributed by atoms with van der Waals surface area (Å²) in [6.45, 7) is 1.80. The molecule has 1 aliphatic rings. The average Bonchev–Trinajstić information content (AvgIpc) is 3.20. The van der Waals surface area contributed by atoms with Gasteiger partial charge in [0.2, 0.25) is 11.0 Å². The molecule has 1 atom stereocenters. The number of halogens is 1. The fourth-order valence-electron chi connectivity index (χ4n) is 1.70. The van der Waals surface area contributed by atoms with E-state index in [0.29, 0.717) is 11.7 Å². The summed E-state index contributed by atoms with van der Waals surface area (Å²) in [5.74, 6) is -0.478. The zero-order valence-corrected chi connectivity index (χ0v) is 13.5. The van der Waals surface area contributed by atoms with Gasteiger partial charge >= 0.3 is 0 Å². The van der Waals surface area contributed by atoms with Gasteiger partial charge in [-0.2, -0.15) is 0 Å². The largest absolute Gasteiger partial charge is 0.357 e. The molecule has 1 saturated carbocycles. The SMILES string of the molecule is C[C@@H](Sc1nnc(NC2CC2)s1)C(=O)Nc1ccc(F)cc1. The third-order valence-corrected chi connectivity index (χ3v) is 5.11. The van der Waals surface area contributed by atoms with Gasteiger partial charge in [0.25, 0.3) is 0 Å². The van der Waals surface area contributed by atoms with E-state index in [-0.39, 0.29) is 17.0 Å². The van der Waals surface area contributed by atoms with Gasteiger partial charge in [-0.15, -0.1) is 10.2 Å². The molecule has 1 fully saturated rings. The van der Waals surface area contributed by atoms with E-state index < -0.39 is 0 Å². The summed E-state index contributed by atoms with van der Waals surface area (Å²) in [6, 6.07) is 6.23. The fourth-order valence-corrected chi connectivity index (χ4v) is 3.67. The van der Waals surface area contributed by atoms with E-state index in [1.807, 2.05) is 0 Å². The number of nitrogens with one attached hydrogen (secondary N) is 2. The maximum atomic E-state index is 12.8. The summed E-state index contributed by atoms with van der Waals surface area (Å²) in [5, 5.41) is 14.7. The smallest absolute Gasteiger partial charge is 0.237 e. The van der Waals surface area contributed by atoms with E-state index in [1.54, 1.807) is 6.92 Å². The van der Waals surface area contributed by atoms with Crippen LogP contribution in [-0.4, -0.2) is 27.4 Å². The Bertz CT molecular complexity index is 657. The second kappa shape index (κ2) is 6.62. The van der Waals surface area contributed by atoms with Crippen molar-refractivity contribution in [2.24, 2.45) is 0 Å². The number of nitrogens with zero attached hydrogens (tertiary/aromatic N) is 2. The summed E-state index contributed by atoms with van der Waals surface area (Å²) in [7, 11) is 0. The zero-order chi connectivity index (χ0) is 15.5. The lowest BCUT2D eigenvalue weighted by Crippen LogP contribution is -2.22. The number of benzene rings is 1. The van der Waals surface area contributed by atoms with Crippen LogP contribution >= 0.6 is 23.1 Å². The second-order valence-corrected chi connectivity index (χ2v) is 7.61. The first kappa shape index (κ1) is 15.2. The molecular formula is C14H15FN4OS2. The van der Waals surface area contributed by atoms with Crippen LogP contribution in [0.1, 0.15) is 19.8 Å². The Balaban J connectivity index is 1.53. The third kappa shape index (κ3) is 4.17. The number of rotatable bonds is 6. The molecule has 1 amide bonds. The zero-order valence-electron chi connectivity index (χ0n) is 11.9. The van der Waals surface area contributed by atoms with E-state index in [2.05, 4.69) is 20.8 Å². The minimum absolute atomic E-state index is 0.150. The van der Waals surface area contributed by atoms with Gasteiger partial charge in [-0.05, 0) is 44.0 Å². The van der Waals surface area contributed by atoms with Crippen molar-refractivity contribution in [1.29, 1.82) is 0 Å². The van der Waals surface area contributed by atoms with Crippen molar-refractivity contribution in [3.8, 4) is 0 Å². The molecule has 0 saturated heterocycles. The van der Waals surface area contributed by atoms with Gasteiger partial charge in [0.05, 0.1) is 5.25 Å². The molecule has 116 valence electrons. The Morgan fingerprint density at radius 3 is 2.77 bits per heavy atom. The van der Waals surface area contributed by atoms with E-state index in [1.165, 1.54) is 60.2 Å². The highest BCUT2D eigenvalue weighted by molar-refractivity contribution is 8.02. The number of hydrogen-bond acceptors (Lipinski definition) is 6. The number of thioether (sulfide) groups is 1. The molecule has 2 aromatic rings. The van der Waals surface area contributed by atoms with Gasteiger partial charge in [-0.3, -0.25) is 4.79 Å². The summed E-state index contributed by atoms with van der Waals surface area (Å²) in [5.41, 5.74) is 0.576. The Morgan fingerprint density at radius 2 is 2.09 bits per heavy atom. The van der Waals surface area contributed by atoms with Crippen LogP contribution in [0.25, 0.3) is 0 Å². The van der Waals surface area contributed by atoms with Crippen LogP contribution in [0.5, 0.6) is 0 Å². The number of amides is 1. The van der Waals surface area contributed by atoms with Crippen molar-refractivity contribution in [2.75, 3.05) is 10.6 Å². The molecule has 1 aliphatic carbocycles. The lowest BCUT2D eigenvalue weighted by Gasteiger charge is -2.10. The van der Waals surface area contributed by atoms with Gasteiger partial charge in [0.15, 0.2) is 4.34 Å². The average molecular weight is 338 g/mol. The first-order chi connectivity index (χ1) is 10.6. The predicted molar refractivity (Wildman–Crippen MR) is 86.9 cm³/mol. The highest BCUT2D eigenvalue weighted by atomic mass is 32.2. The second-order valence-electron chi connectivity index (χ2n) is 5.05. The van der Waals surface area contributed by atoms with Gasteiger partial charge in [0.1, 0.15) is 5.82 Å². The van der Waals surface area contributed by atoms with Crippen molar-refractivity contribution in [1.82, 2.24) is 10.2 Å². The van der Waals surface area contributed by atoms with Crippen molar-refractivity contribution in [2.45, 2.75) is 35.4 Å². The van der Waals surface area contributed by atoms with Crippen LogP contribution in [0.4, 0.5) is 15.2 Å². The molecule has 0 radical (unpaired) electrons. The molecule has 8 heteroatoms. The molecule has 5 nitrogen and oxygen atoms in total. The molecule has 1 aromatic carbocycles. The van der Waals surface area contributed by atoms with Crippen molar-refractivity contribution in [3.63, 3.8) is 0 Å².